The molecule has 0 aliphatic rings. The Balaban J connectivity index is 2.76. The highest BCUT2D eigenvalue weighted by molar-refractivity contribution is 6.03. The lowest BCUT2D eigenvalue weighted by Gasteiger charge is -2.15. The standard InChI is InChI=1S/C14H16FNO3/c1-4-19-14(18)8-7-13(17)16(3)11-5-6-12(15)10(2)9-11/h5-9H,4H2,1-3H3/b8-7+. The zero-order chi connectivity index (χ0) is 14.4. The summed E-state index contributed by atoms with van der Waals surface area (Å²) in [5.74, 6) is -1.29. The van der Waals surface area contributed by atoms with Crippen LogP contribution in [-0.2, 0) is 14.3 Å². The van der Waals surface area contributed by atoms with E-state index in [4.69, 9.17) is 0 Å². The van der Waals surface area contributed by atoms with Gasteiger partial charge < -0.3 is 9.64 Å². The average Bonchev–Trinajstić information content (AvgIpc) is 2.38. The molecule has 0 saturated carbocycles. The number of nitrogens with zero attached hydrogens (tertiary/aromatic N) is 1. The summed E-state index contributed by atoms with van der Waals surface area (Å²) in [6.07, 6.45) is 2.19. The van der Waals surface area contributed by atoms with Crippen molar-refractivity contribution in [2.45, 2.75) is 13.8 Å². The van der Waals surface area contributed by atoms with Gasteiger partial charge in [-0.15, -0.1) is 0 Å². The van der Waals surface area contributed by atoms with Gasteiger partial charge in [-0.3, -0.25) is 4.79 Å². The van der Waals surface area contributed by atoms with Crippen molar-refractivity contribution in [3.05, 3.63) is 41.7 Å². The van der Waals surface area contributed by atoms with Crippen molar-refractivity contribution >= 4 is 17.6 Å². The number of hydrogen-bond donors (Lipinski definition) is 0. The van der Waals surface area contributed by atoms with Crippen molar-refractivity contribution in [1.29, 1.82) is 0 Å². The molecule has 1 rings (SSSR count). The molecule has 0 saturated heterocycles. The summed E-state index contributed by atoms with van der Waals surface area (Å²) in [7, 11) is 1.55. The molecule has 0 aromatic heterocycles. The van der Waals surface area contributed by atoms with Gasteiger partial charge in [0.1, 0.15) is 5.82 Å². The van der Waals surface area contributed by atoms with E-state index < -0.39 is 5.97 Å². The largest absolute Gasteiger partial charge is 0.463 e. The summed E-state index contributed by atoms with van der Waals surface area (Å²) < 4.78 is 17.8. The molecule has 1 aromatic rings. The van der Waals surface area contributed by atoms with Crippen molar-refractivity contribution in [2.75, 3.05) is 18.6 Å². The molecule has 0 N–H and O–H groups in total. The van der Waals surface area contributed by atoms with Gasteiger partial charge in [0.25, 0.3) is 5.91 Å². The second-order valence-corrected chi connectivity index (χ2v) is 3.92. The maximum absolute atomic E-state index is 13.1. The van der Waals surface area contributed by atoms with E-state index in [1.165, 1.54) is 17.0 Å². The third-order valence-corrected chi connectivity index (χ3v) is 2.51. The van der Waals surface area contributed by atoms with Gasteiger partial charge in [-0.1, -0.05) is 0 Å². The molecule has 0 atom stereocenters. The fourth-order valence-electron chi connectivity index (χ4n) is 1.41. The smallest absolute Gasteiger partial charge is 0.330 e. The van der Waals surface area contributed by atoms with E-state index in [1.807, 2.05) is 0 Å². The lowest BCUT2D eigenvalue weighted by atomic mass is 10.2. The number of halogens is 1. The molecule has 0 heterocycles. The molecule has 102 valence electrons. The molecule has 0 unspecified atom stereocenters. The first kappa shape index (κ1) is 14.9. The number of anilines is 1. The molecule has 1 aromatic carbocycles. The highest BCUT2D eigenvalue weighted by Gasteiger charge is 2.09. The van der Waals surface area contributed by atoms with E-state index >= 15 is 0 Å². The first-order valence-corrected chi connectivity index (χ1v) is 5.84. The van der Waals surface area contributed by atoms with E-state index in [9.17, 15) is 14.0 Å². The SMILES string of the molecule is CCOC(=O)/C=C/C(=O)N(C)c1ccc(F)c(C)c1. The Kier molecular flexibility index (Phi) is 5.23. The summed E-state index contributed by atoms with van der Waals surface area (Å²) in [6.45, 7) is 3.55. The maximum Gasteiger partial charge on any atom is 0.330 e. The highest BCUT2D eigenvalue weighted by Crippen LogP contribution is 2.17. The van der Waals surface area contributed by atoms with Crippen LogP contribution < -0.4 is 4.90 Å². The summed E-state index contributed by atoms with van der Waals surface area (Å²) in [4.78, 5) is 24.2. The number of hydrogen-bond acceptors (Lipinski definition) is 3. The average molecular weight is 265 g/mol. The van der Waals surface area contributed by atoms with Crippen LogP contribution in [0.1, 0.15) is 12.5 Å². The first-order chi connectivity index (χ1) is 8.95. The molecule has 0 radical (unpaired) electrons. The number of esters is 1. The van der Waals surface area contributed by atoms with Crippen molar-refractivity contribution < 1.29 is 18.7 Å². The number of amides is 1. The van der Waals surface area contributed by atoms with Crippen LogP contribution in [-0.4, -0.2) is 25.5 Å². The predicted octanol–water partition coefficient (Wildman–Crippen LogP) is 2.22. The molecule has 5 heteroatoms. The zero-order valence-electron chi connectivity index (χ0n) is 11.1. The topological polar surface area (TPSA) is 46.6 Å². The Morgan fingerprint density at radius 1 is 1.37 bits per heavy atom. The molecule has 0 spiro atoms. The number of benzene rings is 1. The molecule has 1 amide bonds. The van der Waals surface area contributed by atoms with Gasteiger partial charge in [0.15, 0.2) is 0 Å². The highest BCUT2D eigenvalue weighted by atomic mass is 19.1. The van der Waals surface area contributed by atoms with Gasteiger partial charge in [0, 0.05) is 24.9 Å². The fraction of sp³-hybridized carbons (Fsp3) is 0.286. The van der Waals surface area contributed by atoms with E-state index in [-0.39, 0.29) is 18.3 Å². The van der Waals surface area contributed by atoms with E-state index in [1.54, 1.807) is 27.0 Å². The predicted molar refractivity (Wildman–Crippen MR) is 70.3 cm³/mol. The normalized spacial score (nSPS) is 10.5. The molecular formula is C14H16FNO3. The Bertz CT molecular complexity index is 511. The molecular weight excluding hydrogens is 249 g/mol. The van der Waals surface area contributed by atoms with Crippen LogP contribution >= 0.6 is 0 Å². The molecule has 19 heavy (non-hydrogen) atoms. The van der Waals surface area contributed by atoms with Gasteiger partial charge in [-0.25, -0.2) is 9.18 Å². The van der Waals surface area contributed by atoms with Crippen LogP contribution in [0.15, 0.2) is 30.4 Å². The molecule has 0 bridgehead atoms. The number of likely N-dealkylation sites (N-methyl/N-ethyl adjacent to an activating group) is 1. The van der Waals surface area contributed by atoms with Crippen molar-refractivity contribution in [3.8, 4) is 0 Å². The maximum atomic E-state index is 13.1. The number of carbonyl (C=O) groups excluding carboxylic acids is 2. The van der Waals surface area contributed by atoms with Crippen molar-refractivity contribution in [1.82, 2.24) is 0 Å². The van der Waals surface area contributed by atoms with Crippen molar-refractivity contribution in [2.24, 2.45) is 0 Å². The molecule has 0 aliphatic carbocycles. The monoisotopic (exact) mass is 265 g/mol. The Morgan fingerprint density at radius 3 is 2.63 bits per heavy atom. The van der Waals surface area contributed by atoms with E-state index in [2.05, 4.69) is 4.74 Å². The minimum atomic E-state index is -0.570. The summed E-state index contributed by atoms with van der Waals surface area (Å²) in [6, 6.07) is 4.35. The third-order valence-electron chi connectivity index (χ3n) is 2.51. The van der Waals surface area contributed by atoms with Crippen LogP contribution in [0, 0.1) is 12.7 Å². The van der Waals surface area contributed by atoms with Crippen LogP contribution in [0.2, 0.25) is 0 Å². The summed E-state index contributed by atoms with van der Waals surface area (Å²) in [5, 5.41) is 0. The van der Waals surface area contributed by atoms with Gasteiger partial charge in [-0.05, 0) is 37.6 Å². The lowest BCUT2D eigenvalue weighted by Crippen LogP contribution is -2.24. The van der Waals surface area contributed by atoms with Gasteiger partial charge >= 0.3 is 5.97 Å². The number of rotatable bonds is 4. The molecule has 4 nitrogen and oxygen atoms in total. The van der Waals surface area contributed by atoms with Crippen LogP contribution in [0.25, 0.3) is 0 Å². The Labute approximate surface area is 111 Å². The van der Waals surface area contributed by atoms with Gasteiger partial charge in [0.2, 0.25) is 0 Å². The van der Waals surface area contributed by atoms with E-state index in [0.29, 0.717) is 11.3 Å². The van der Waals surface area contributed by atoms with Gasteiger partial charge in [-0.2, -0.15) is 0 Å². The number of aryl methyl sites for hydroxylation is 1. The minimum absolute atomic E-state index is 0.254. The first-order valence-electron chi connectivity index (χ1n) is 5.84. The minimum Gasteiger partial charge on any atom is -0.463 e. The fourth-order valence-corrected chi connectivity index (χ4v) is 1.41. The number of ether oxygens (including phenoxy) is 1. The number of carbonyl (C=O) groups is 2. The summed E-state index contributed by atoms with van der Waals surface area (Å²) in [5.41, 5.74) is 1.00. The Hall–Kier alpha value is -2.17. The third kappa shape index (κ3) is 4.21. The van der Waals surface area contributed by atoms with E-state index in [0.717, 1.165) is 12.2 Å². The second kappa shape index (κ2) is 6.68. The van der Waals surface area contributed by atoms with Gasteiger partial charge in [0.05, 0.1) is 6.61 Å². The molecule has 0 fully saturated rings. The van der Waals surface area contributed by atoms with Crippen LogP contribution in [0.3, 0.4) is 0 Å². The van der Waals surface area contributed by atoms with Crippen molar-refractivity contribution in [3.63, 3.8) is 0 Å². The molecule has 0 aliphatic heterocycles. The quantitative estimate of drug-likeness (QED) is 0.619. The lowest BCUT2D eigenvalue weighted by molar-refractivity contribution is -0.137. The van der Waals surface area contributed by atoms with Crippen LogP contribution in [0.4, 0.5) is 10.1 Å². The summed E-state index contributed by atoms with van der Waals surface area (Å²) >= 11 is 0. The van der Waals surface area contributed by atoms with Crippen LogP contribution in [0.5, 0.6) is 0 Å². The Morgan fingerprint density at radius 2 is 2.05 bits per heavy atom. The zero-order valence-corrected chi connectivity index (χ0v) is 11.1. The second-order valence-electron chi connectivity index (χ2n) is 3.92.